The summed E-state index contributed by atoms with van der Waals surface area (Å²) in [6, 6.07) is 3.32. The van der Waals surface area contributed by atoms with Crippen LogP contribution < -0.4 is 11.1 Å². The molecule has 0 aromatic heterocycles. The van der Waals surface area contributed by atoms with Crippen LogP contribution in [0.5, 0.6) is 0 Å². The zero-order chi connectivity index (χ0) is 9.14. The fraction of sp³-hybridized carbons (Fsp3) is 0. The van der Waals surface area contributed by atoms with E-state index >= 15 is 0 Å². The third kappa shape index (κ3) is 2.13. The largest absolute Gasteiger partial charge is 0.376 e. The minimum atomic E-state index is -0.934. The zero-order valence-electron chi connectivity index (χ0n) is 5.97. The molecule has 0 aliphatic rings. The van der Waals surface area contributed by atoms with E-state index in [-0.39, 0.29) is 5.11 Å². The lowest BCUT2D eigenvalue weighted by atomic mass is 10.3. The van der Waals surface area contributed by atoms with Crippen molar-refractivity contribution in [1.82, 2.24) is 0 Å². The fourth-order valence-corrected chi connectivity index (χ4v) is 0.834. The minimum Gasteiger partial charge on any atom is -0.376 e. The number of rotatable bonds is 1. The molecule has 12 heavy (non-hydrogen) atoms. The van der Waals surface area contributed by atoms with Gasteiger partial charge in [0.1, 0.15) is 0 Å². The molecule has 2 nitrogen and oxygen atoms in total. The van der Waals surface area contributed by atoms with Gasteiger partial charge in [0.2, 0.25) is 0 Å². The number of hydrogen-bond donors (Lipinski definition) is 2. The topological polar surface area (TPSA) is 38.0 Å². The molecule has 0 fully saturated rings. The SMILES string of the molecule is NC(=S)Nc1ccc(F)c(F)c1. The molecule has 1 aromatic rings. The highest BCUT2D eigenvalue weighted by atomic mass is 32.1. The number of halogens is 2. The van der Waals surface area contributed by atoms with Gasteiger partial charge < -0.3 is 11.1 Å². The van der Waals surface area contributed by atoms with Crippen LogP contribution in [-0.2, 0) is 0 Å². The summed E-state index contributed by atoms with van der Waals surface area (Å²) in [4.78, 5) is 0. The summed E-state index contributed by atoms with van der Waals surface area (Å²) in [6.07, 6.45) is 0. The molecule has 0 radical (unpaired) electrons. The van der Waals surface area contributed by atoms with Crippen LogP contribution in [0, 0.1) is 11.6 Å². The molecule has 0 aliphatic carbocycles. The van der Waals surface area contributed by atoms with Gasteiger partial charge in [-0.1, -0.05) is 0 Å². The number of anilines is 1. The van der Waals surface area contributed by atoms with Crippen molar-refractivity contribution in [2.24, 2.45) is 5.73 Å². The third-order valence-electron chi connectivity index (χ3n) is 1.19. The molecule has 0 spiro atoms. The number of nitrogens with two attached hydrogens (primary N) is 1. The van der Waals surface area contributed by atoms with Crippen LogP contribution in [-0.4, -0.2) is 5.11 Å². The van der Waals surface area contributed by atoms with Crippen LogP contribution in [0.25, 0.3) is 0 Å². The van der Waals surface area contributed by atoms with Crippen LogP contribution in [0.15, 0.2) is 18.2 Å². The summed E-state index contributed by atoms with van der Waals surface area (Å²) in [7, 11) is 0. The average molecular weight is 188 g/mol. The van der Waals surface area contributed by atoms with Gasteiger partial charge in [-0.3, -0.25) is 0 Å². The van der Waals surface area contributed by atoms with Crippen LogP contribution in [0.3, 0.4) is 0 Å². The van der Waals surface area contributed by atoms with Crippen molar-refractivity contribution in [2.75, 3.05) is 5.32 Å². The highest BCUT2D eigenvalue weighted by molar-refractivity contribution is 7.80. The van der Waals surface area contributed by atoms with E-state index in [1.54, 1.807) is 0 Å². The van der Waals surface area contributed by atoms with Crippen LogP contribution in [0.1, 0.15) is 0 Å². The zero-order valence-corrected chi connectivity index (χ0v) is 6.79. The molecule has 0 saturated heterocycles. The van der Waals surface area contributed by atoms with Gasteiger partial charge in [0.25, 0.3) is 0 Å². The summed E-state index contributed by atoms with van der Waals surface area (Å²) in [6.45, 7) is 0. The number of benzene rings is 1. The maximum Gasteiger partial charge on any atom is 0.168 e. The molecule has 0 unspecified atom stereocenters. The second-order valence-corrected chi connectivity index (χ2v) is 2.56. The van der Waals surface area contributed by atoms with E-state index in [2.05, 4.69) is 17.5 Å². The molecule has 0 aliphatic heterocycles. The summed E-state index contributed by atoms with van der Waals surface area (Å²) in [5.41, 5.74) is 5.45. The molecule has 1 rings (SSSR count). The minimum absolute atomic E-state index is 0.0148. The van der Waals surface area contributed by atoms with Crippen LogP contribution in [0.2, 0.25) is 0 Å². The van der Waals surface area contributed by atoms with E-state index in [0.29, 0.717) is 5.69 Å². The maximum absolute atomic E-state index is 12.5. The molecule has 3 N–H and O–H groups in total. The average Bonchev–Trinajstić information content (AvgIpc) is 1.96. The van der Waals surface area contributed by atoms with E-state index in [0.717, 1.165) is 12.1 Å². The lowest BCUT2D eigenvalue weighted by Gasteiger charge is -2.02. The van der Waals surface area contributed by atoms with E-state index in [4.69, 9.17) is 5.73 Å². The molecule has 0 saturated carbocycles. The second kappa shape index (κ2) is 3.44. The van der Waals surface area contributed by atoms with E-state index in [9.17, 15) is 8.78 Å². The van der Waals surface area contributed by atoms with Gasteiger partial charge in [-0.25, -0.2) is 8.78 Å². The Hall–Kier alpha value is -1.23. The quantitative estimate of drug-likeness (QED) is 0.658. The van der Waals surface area contributed by atoms with E-state index < -0.39 is 11.6 Å². The molecule has 0 bridgehead atoms. The van der Waals surface area contributed by atoms with Crippen molar-refractivity contribution in [2.45, 2.75) is 0 Å². The number of hydrogen-bond acceptors (Lipinski definition) is 1. The van der Waals surface area contributed by atoms with Gasteiger partial charge in [0.05, 0.1) is 0 Å². The Kier molecular flexibility index (Phi) is 2.54. The van der Waals surface area contributed by atoms with Crippen molar-refractivity contribution in [3.8, 4) is 0 Å². The lowest BCUT2D eigenvalue weighted by Crippen LogP contribution is -2.18. The summed E-state index contributed by atoms with van der Waals surface area (Å²) in [5, 5.41) is 2.49. The van der Waals surface area contributed by atoms with Crippen molar-refractivity contribution < 1.29 is 8.78 Å². The Morgan fingerprint density at radius 3 is 2.50 bits per heavy atom. The molecule has 0 atom stereocenters. The standard InChI is InChI=1S/C7H6F2N2S/c8-5-2-1-4(3-6(5)9)11-7(10)12/h1-3H,(H3,10,11,12). The Morgan fingerprint density at radius 2 is 2.00 bits per heavy atom. The Bertz CT molecular complexity index is 314. The lowest BCUT2D eigenvalue weighted by molar-refractivity contribution is 0.509. The normalized spacial score (nSPS) is 9.50. The molecule has 5 heteroatoms. The molecular weight excluding hydrogens is 182 g/mol. The van der Waals surface area contributed by atoms with Gasteiger partial charge in [0, 0.05) is 11.8 Å². The first-order valence-corrected chi connectivity index (χ1v) is 3.52. The summed E-state index contributed by atoms with van der Waals surface area (Å²) >= 11 is 4.50. The summed E-state index contributed by atoms with van der Waals surface area (Å²) in [5.74, 6) is -1.83. The van der Waals surface area contributed by atoms with Gasteiger partial charge >= 0.3 is 0 Å². The smallest absolute Gasteiger partial charge is 0.168 e. The Labute approximate surface area is 73.4 Å². The van der Waals surface area contributed by atoms with Gasteiger partial charge in [-0.15, -0.1) is 0 Å². The van der Waals surface area contributed by atoms with Gasteiger partial charge in [-0.2, -0.15) is 0 Å². The highest BCUT2D eigenvalue weighted by Crippen LogP contribution is 2.12. The molecule has 1 aromatic carbocycles. The fourth-order valence-electron chi connectivity index (χ4n) is 0.716. The first kappa shape index (κ1) is 8.86. The van der Waals surface area contributed by atoms with Gasteiger partial charge in [-0.05, 0) is 24.4 Å². The first-order valence-electron chi connectivity index (χ1n) is 3.11. The molecule has 64 valence electrons. The molecule has 0 amide bonds. The van der Waals surface area contributed by atoms with Crippen molar-refractivity contribution >= 4 is 23.0 Å². The van der Waals surface area contributed by atoms with Crippen LogP contribution in [0.4, 0.5) is 14.5 Å². The monoisotopic (exact) mass is 188 g/mol. The van der Waals surface area contributed by atoms with E-state index in [1.165, 1.54) is 6.07 Å². The number of thiocarbonyl (C=S) groups is 1. The highest BCUT2D eigenvalue weighted by Gasteiger charge is 2.01. The Balaban J connectivity index is 2.89. The predicted octanol–water partition coefficient (Wildman–Crippen LogP) is 1.62. The van der Waals surface area contributed by atoms with Crippen molar-refractivity contribution in [3.63, 3.8) is 0 Å². The van der Waals surface area contributed by atoms with E-state index in [1.807, 2.05) is 0 Å². The van der Waals surface area contributed by atoms with Gasteiger partial charge in [0.15, 0.2) is 16.7 Å². The van der Waals surface area contributed by atoms with Crippen molar-refractivity contribution in [1.29, 1.82) is 0 Å². The second-order valence-electron chi connectivity index (χ2n) is 2.12. The first-order chi connectivity index (χ1) is 5.59. The summed E-state index contributed by atoms with van der Waals surface area (Å²) < 4.78 is 24.9. The molecule has 0 heterocycles. The van der Waals surface area contributed by atoms with Crippen molar-refractivity contribution in [3.05, 3.63) is 29.8 Å². The molecular formula is C7H6F2N2S. The van der Waals surface area contributed by atoms with Crippen LogP contribution >= 0.6 is 12.2 Å². The maximum atomic E-state index is 12.5. The third-order valence-corrected chi connectivity index (χ3v) is 1.29. The number of nitrogens with one attached hydrogen (secondary N) is 1. The Morgan fingerprint density at radius 1 is 1.33 bits per heavy atom. The predicted molar refractivity (Wildman–Crippen MR) is 46.8 cm³/mol.